The minimum Gasteiger partial charge on any atom is -0.460 e. The van der Waals surface area contributed by atoms with Gasteiger partial charge in [0, 0.05) is 74.7 Å². The number of benzene rings is 3. The second kappa shape index (κ2) is 32.9. The monoisotopic (exact) mass is 1630 g/mol. The molecule has 4 N–H and O–H groups in total. The van der Waals surface area contributed by atoms with Crippen LogP contribution in [0.5, 0.6) is 0 Å². The molecule has 0 radical (unpaired) electrons. The first-order valence-corrected chi connectivity index (χ1v) is 40.9. The van der Waals surface area contributed by atoms with Crippen molar-refractivity contribution in [2.24, 2.45) is 5.92 Å². The molecule has 4 aliphatic rings. The summed E-state index contributed by atoms with van der Waals surface area (Å²) in [5, 5.41) is 17.5. The molecule has 0 spiro atoms. The molecule has 16 rings (SSSR count). The van der Waals surface area contributed by atoms with Crippen molar-refractivity contribution in [1.82, 2.24) is 40.1 Å². The molecule has 1 amide bonds. The van der Waals surface area contributed by atoms with Gasteiger partial charge >= 0.3 is 19.2 Å². The second-order valence-corrected chi connectivity index (χ2v) is 36.5. The van der Waals surface area contributed by atoms with Gasteiger partial charge in [0.15, 0.2) is 0 Å². The van der Waals surface area contributed by atoms with Gasteiger partial charge < -0.3 is 44.9 Å². The molecule has 26 heteroatoms. The fourth-order valence-corrected chi connectivity index (χ4v) is 18.5. The molecule has 2 atom stereocenters. The molecular formula is C77H86BClIN11O6S6. The molecule has 9 aromatic heterocycles. The Morgan fingerprint density at radius 1 is 0.563 bits per heavy atom. The Hall–Kier alpha value is -6.76. The van der Waals surface area contributed by atoms with Gasteiger partial charge in [-0.15, -0.1) is 80.4 Å². The van der Waals surface area contributed by atoms with E-state index in [9.17, 15) is 9.59 Å². The number of hydrogen-bond donors (Lipinski definition) is 4. The van der Waals surface area contributed by atoms with Crippen molar-refractivity contribution in [3.05, 3.63) is 151 Å². The fourth-order valence-electron chi connectivity index (χ4n) is 12.6. The quantitative estimate of drug-likeness (QED) is 0.0436. The van der Waals surface area contributed by atoms with Gasteiger partial charge in [0.05, 0.1) is 84.2 Å². The maximum atomic E-state index is 12.5. The number of aromatic nitrogens is 6. The highest BCUT2D eigenvalue weighted by Crippen LogP contribution is 2.46. The summed E-state index contributed by atoms with van der Waals surface area (Å²) < 4.78 is 28.4. The summed E-state index contributed by atoms with van der Waals surface area (Å²) in [6.07, 6.45) is 18.6. The van der Waals surface area contributed by atoms with Crippen LogP contribution in [0.2, 0.25) is 5.82 Å². The van der Waals surface area contributed by atoms with E-state index in [1.807, 2.05) is 99.8 Å². The average Bonchev–Trinajstić information content (AvgIpc) is 1.63. The molecule has 12 heterocycles. The molecule has 103 heavy (non-hydrogen) atoms. The SMILES string of the molecule is C1=C(c2cc3c(Nc4ccc5scnc5c4)ccnc3s2)CCNCC1.CC(C)(C)OC(=O)C1CCCC(B2OC(C)(C)C(C)(C)O2)CC1.CC(C)(C)OC(=O)N1CCC=C(c2cc3c(Nc4ccc5scnc5c4)ccnc3s2)CC1.Cl.Ic1cc2c(Nc3ccc4scnc4c3)ccnc2s1. The maximum Gasteiger partial charge on any atom is 0.461 e. The molecule has 538 valence electrons. The lowest BCUT2D eigenvalue weighted by atomic mass is 9.67. The lowest BCUT2D eigenvalue weighted by Gasteiger charge is -2.32. The third-order valence-electron chi connectivity index (χ3n) is 18.5. The highest BCUT2D eigenvalue weighted by atomic mass is 127. The standard InChI is InChI=1S/C25H26N4O2S2.C20H18N4S2.C18H33BO4.C14H8IN3S2.ClH/c1-25(2,3)31-24(30)29-11-4-5-16(9-12-29)22-14-18-19(8-10-26-23(18)33-22)28-17-6-7-21-20(13-17)27-15-32-21;1-2-13(5-8-21-7-1)19-11-15-16(6-9-22-20(15)26-19)24-14-3-4-18-17(10-14)23-12-25-18;1-16(2,3)21-15(20)13-9-8-10-14(12-11-13)19-22-17(4,5)18(6,7)23-19;15-13-6-9-10(3-4-16-14(9)20-13)18-8-1-2-12-11(5-8)17-7-19-12;/h5-8,10,13-15H,4,9,11-12H2,1-3H3,(H,26,28);2-4,6,9-12,21H,1,5,7-8H2,(H,22,24);13-14H,8-12H2,1-7H3;1-7H,(H,16,18);1H. The van der Waals surface area contributed by atoms with Gasteiger partial charge in [-0.1, -0.05) is 31.4 Å². The zero-order valence-corrected chi connectivity index (χ0v) is 67.4. The van der Waals surface area contributed by atoms with Gasteiger partial charge in [0.25, 0.3) is 0 Å². The van der Waals surface area contributed by atoms with Crippen LogP contribution in [0.3, 0.4) is 0 Å². The summed E-state index contributed by atoms with van der Waals surface area (Å²) in [6, 6.07) is 31.6. The number of carbonyl (C=O) groups excluding carboxylic acids is 2. The van der Waals surface area contributed by atoms with Gasteiger partial charge in [-0.25, -0.2) is 34.7 Å². The normalized spacial score (nSPS) is 17.7. The van der Waals surface area contributed by atoms with E-state index in [0.717, 1.165) is 141 Å². The average molecular weight is 1630 g/mol. The van der Waals surface area contributed by atoms with Crippen LogP contribution >= 0.6 is 103 Å². The molecule has 12 aromatic rings. The number of anilines is 6. The van der Waals surface area contributed by atoms with E-state index in [1.54, 1.807) is 68.0 Å². The van der Waals surface area contributed by atoms with Crippen molar-refractivity contribution in [1.29, 1.82) is 0 Å². The van der Waals surface area contributed by atoms with Crippen molar-refractivity contribution in [2.75, 3.05) is 42.1 Å². The van der Waals surface area contributed by atoms with Crippen molar-refractivity contribution in [2.45, 2.75) is 155 Å². The highest BCUT2D eigenvalue weighted by molar-refractivity contribution is 14.1. The first kappa shape index (κ1) is 75.9. The number of hydrogen-bond acceptors (Lipinski definition) is 22. The Labute approximate surface area is 645 Å². The summed E-state index contributed by atoms with van der Waals surface area (Å²) >= 11 is 12.5. The number of carbonyl (C=O) groups is 2. The zero-order valence-electron chi connectivity index (χ0n) is 59.5. The molecule has 3 aliphatic heterocycles. The van der Waals surface area contributed by atoms with Crippen LogP contribution in [0, 0.1) is 8.80 Å². The van der Waals surface area contributed by atoms with Crippen LogP contribution in [0.4, 0.5) is 38.9 Å². The molecule has 0 bridgehead atoms. The summed E-state index contributed by atoms with van der Waals surface area (Å²) in [5.74, 6) is 0.331. The number of ether oxygens (including phenoxy) is 2. The van der Waals surface area contributed by atoms with Crippen molar-refractivity contribution in [3.8, 4) is 0 Å². The van der Waals surface area contributed by atoms with Gasteiger partial charge in [-0.2, -0.15) is 0 Å². The van der Waals surface area contributed by atoms with E-state index in [4.69, 9.17) is 18.8 Å². The molecule has 3 aromatic carbocycles. The number of esters is 1. The van der Waals surface area contributed by atoms with Crippen LogP contribution in [-0.2, 0) is 23.6 Å². The third-order valence-corrected chi connectivity index (χ3v) is 25.0. The molecule has 1 saturated heterocycles. The first-order valence-electron chi connectivity index (χ1n) is 34.7. The smallest absolute Gasteiger partial charge is 0.460 e. The molecule has 2 unspecified atom stereocenters. The molecule has 1 aliphatic carbocycles. The van der Waals surface area contributed by atoms with Gasteiger partial charge in [0.2, 0.25) is 0 Å². The van der Waals surface area contributed by atoms with Crippen molar-refractivity contribution in [3.63, 3.8) is 0 Å². The first-order chi connectivity index (χ1) is 48.9. The number of nitrogens with zero attached hydrogens (tertiary/aromatic N) is 7. The van der Waals surface area contributed by atoms with Gasteiger partial charge in [0.1, 0.15) is 25.7 Å². The predicted molar refractivity (Wildman–Crippen MR) is 445 cm³/mol. The largest absolute Gasteiger partial charge is 0.461 e. The predicted octanol–water partition coefficient (Wildman–Crippen LogP) is 22.5. The highest BCUT2D eigenvalue weighted by Gasteiger charge is 2.54. The fraction of sp³-hybridized carbons (Fsp3) is 0.377. The summed E-state index contributed by atoms with van der Waals surface area (Å²) in [4.78, 5) is 59.1. The number of nitrogens with one attached hydrogen (secondary N) is 4. The van der Waals surface area contributed by atoms with E-state index in [0.29, 0.717) is 18.9 Å². The van der Waals surface area contributed by atoms with Crippen molar-refractivity contribution < 1.29 is 28.4 Å². The maximum absolute atomic E-state index is 12.5. The zero-order chi connectivity index (χ0) is 71.3. The summed E-state index contributed by atoms with van der Waals surface area (Å²) in [7, 11) is -0.155. The van der Waals surface area contributed by atoms with Crippen LogP contribution < -0.4 is 21.3 Å². The van der Waals surface area contributed by atoms with E-state index < -0.39 is 11.2 Å². The van der Waals surface area contributed by atoms with Crippen LogP contribution in [0.15, 0.2) is 138 Å². The Morgan fingerprint density at radius 2 is 1.04 bits per heavy atom. The summed E-state index contributed by atoms with van der Waals surface area (Å²) in [6.45, 7) is 23.3. The van der Waals surface area contributed by atoms with Gasteiger partial charge in [-0.05, 0) is 251 Å². The topological polar surface area (TPSA) is 200 Å². The van der Waals surface area contributed by atoms with Gasteiger partial charge in [-0.3, -0.25) is 4.79 Å². The Balaban J connectivity index is 0.000000131. The van der Waals surface area contributed by atoms with Crippen LogP contribution in [-0.4, -0.2) is 103 Å². The molecule has 17 nitrogen and oxygen atoms in total. The number of rotatable bonds is 10. The Morgan fingerprint density at radius 3 is 1.54 bits per heavy atom. The molecule has 1 saturated carbocycles. The summed E-state index contributed by atoms with van der Waals surface area (Å²) in [5.41, 5.74) is 16.3. The number of amides is 1. The number of fused-ring (bicyclic) bond motifs is 6. The van der Waals surface area contributed by atoms with Crippen LogP contribution in [0.1, 0.15) is 137 Å². The third kappa shape index (κ3) is 19.1. The van der Waals surface area contributed by atoms with E-state index in [-0.39, 0.29) is 48.7 Å². The molecular weight excluding hydrogens is 1540 g/mol. The minimum absolute atomic E-state index is 0. The number of halogens is 2. The Bertz CT molecular complexity index is 5020. The number of pyridine rings is 3. The number of thiophene rings is 3. The number of thiazole rings is 3. The van der Waals surface area contributed by atoms with Crippen LogP contribution in [0.25, 0.3) is 72.4 Å². The van der Waals surface area contributed by atoms with E-state index >= 15 is 0 Å². The Kier molecular flexibility index (Phi) is 24.3. The van der Waals surface area contributed by atoms with E-state index in [1.165, 1.54) is 48.7 Å². The van der Waals surface area contributed by atoms with Crippen molar-refractivity contribution >= 4 is 229 Å². The minimum atomic E-state index is -0.482. The molecule has 2 fully saturated rings. The lowest BCUT2D eigenvalue weighted by molar-refractivity contribution is -0.160. The second-order valence-electron chi connectivity index (χ2n) is 28.9. The van der Waals surface area contributed by atoms with E-state index in [2.05, 4.69) is 186 Å². The lowest BCUT2D eigenvalue weighted by Crippen LogP contribution is -2.41.